The van der Waals surface area contributed by atoms with Gasteiger partial charge in [-0.1, -0.05) is 18.2 Å². The van der Waals surface area contributed by atoms with Crippen LogP contribution in [0.15, 0.2) is 35.1 Å². The topological polar surface area (TPSA) is 71.3 Å². The molecule has 8 heteroatoms. The van der Waals surface area contributed by atoms with E-state index in [1.54, 1.807) is 16.4 Å². The lowest BCUT2D eigenvalue weighted by Crippen LogP contribution is -2.60. The Labute approximate surface area is 176 Å². The Bertz CT molecular complexity index is 977. The number of hydrogen-bond acceptors (Lipinski definition) is 3. The van der Waals surface area contributed by atoms with Crippen LogP contribution in [0.4, 0.5) is 5.69 Å². The first kappa shape index (κ1) is 21.1. The van der Waals surface area contributed by atoms with Gasteiger partial charge in [-0.3, -0.25) is 14.3 Å². The van der Waals surface area contributed by atoms with E-state index in [1.165, 1.54) is 0 Å². The Morgan fingerprint density at radius 3 is 2.59 bits per heavy atom. The molecule has 156 valence electrons. The van der Waals surface area contributed by atoms with Crippen molar-refractivity contribution in [2.45, 2.75) is 52.1 Å². The Balaban J connectivity index is 1.71. The third-order valence-corrected chi connectivity index (χ3v) is 5.78. The van der Waals surface area contributed by atoms with Gasteiger partial charge in [0, 0.05) is 31.6 Å². The Hall–Kier alpha value is -2.61. The van der Waals surface area contributed by atoms with Crippen LogP contribution in [-0.4, -0.2) is 43.4 Å². The highest BCUT2D eigenvalue weighted by molar-refractivity contribution is 7.80. The lowest BCUT2D eigenvalue weighted by atomic mass is 9.93. The van der Waals surface area contributed by atoms with Crippen LogP contribution < -0.4 is 16.2 Å². The molecule has 0 radical (unpaired) electrons. The number of nitrogens with one attached hydrogen (secondary N) is 2. The number of amides is 1. The zero-order valence-corrected chi connectivity index (χ0v) is 18.5. The minimum absolute atomic E-state index is 0.0427. The summed E-state index contributed by atoms with van der Waals surface area (Å²) in [5, 5.41) is 6.81. The number of aromatic nitrogens is 2. The molecule has 3 rings (SSSR count). The molecule has 0 bridgehead atoms. The quantitative estimate of drug-likeness (QED) is 0.735. The molecule has 1 aliphatic rings. The van der Waals surface area contributed by atoms with Gasteiger partial charge in [0.15, 0.2) is 5.11 Å². The molecule has 1 fully saturated rings. The van der Waals surface area contributed by atoms with Crippen molar-refractivity contribution < 1.29 is 4.79 Å². The van der Waals surface area contributed by atoms with E-state index < -0.39 is 0 Å². The fraction of sp³-hybridized carbons (Fsp3) is 0.476. The predicted molar refractivity (Wildman–Crippen MR) is 120 cm³/mol. The third-order valence-electron chi connectivity index (χ3n) is 5.44. The number of benzene rings is 1. The van der Waals surface area contributed by atoms with Crippen LogP contribution in [0.1, 0.15) is 39.3 Å². The van der Waals surface area contributed by atoms with Gasteiger partial charge >= 0.3 is 0 Å². The van der Waals surface area contributed by atoms with E-state index in [2.05, 4.69) is 31.4 Å². The maximum Gasteiger partial charge on any atom is 0.295 e. The van der Waals surface area contributed by atoms with Gasteiger partial charge in [-0.05, 0) is 58.5 Å². The van der Waals surface area contributed by atoms with E-state index in [4.69, 9.17) is 12.2 Å². The van der Waals surface area contributed by atoms with Crippen LogP contribution >= 0.6 is 12.2 Å². The van der Waals surface area contributed by atoms with Crippen molar-refractivity contribution in [1.82, 2.24) is 19.6 Å². The van der Waals surface area contributed by atoms with Gasteiger partial charge in [-0.2, -0.15) is 0 Å². The molecule has 2 aromatic rings. The second-order valence-corrected chi connectivity index (χ2v) is 8.68. The molecule has 1 aliphatic heterocycles. The van der Waals surface area contributed by atoms with E-state index in [0.717, 1.165) is 12.1 Å². The summed E-state index contributed by atoms with van der Waals surface area (Å²) in [7, 11) is 1.81. The minimum Gasteiger partial charge on any atom is -0.358 e. The number of para-hydroxylation sites is 1. The molecule has 1 atom stereocenters. The Kier molecular flexibility index (Phi) is 5.84. The molecular weight excluding hydrogens is 386 g/mol. The average molecular weight is 416 g/mol. The van der Waals surface area contributed by atoms with Crippen molar-refractivity contribution in [3.8, 4) is 5.69 Å². The van der Waals surface area contributed by atoms with Crippen molar-refractivity contribution in [2.75, 3.05) is 11.9 Å². The summed E-state index contributed by atoms with van der Waals surface area (Å²) in [4.78, 5) is 27.6. The van der Waals surface area contributed by atoms with E-state index in [9.17, 15) is 9.59 Å². The molecule has 7 nitrogen and oxygen atoms in total. The molecule has 0 saturated carbocycles. The number of hydrogen-bond donors (Lipinski definition) is 2. The van der Waals surface area contributed by atoms with Gasteiger partial charge in [0.1, 0.15) is 5.69 Å². The van der Waals surface area contributed by atoms with Gasteiger partial charge in [0.2, 0.25) is 5.91 Å². The van der Waals surface area contributed by atoms with E-state index in [1.807, 2.05) is 42.2 Å². The summed E-state index contributed by atoms with van der Waals surface area (Å²) >= 11 is 5.48. The lowest BCUT2D eigenvalue weighted by molar-refractivity contribution is -0.116. The van der Waals surface area contributed by atoms with E-state index >= 15 is 0 Å². The van der Waals surface area contributed by atoms with Gasteiger partial charge in [-0.25, -0.2) is 4.68 Å². The molecule has 1 aromatic carbocycles. The van der Waals surface area contributed by atoms with E-state index in [-0.39, 0.29) is 29.5 Å². The highest BCUT2D eigenvalue weighted by atomic mass is 32.1. The zero-order valence-electron chi connectivity index (χ0n) is 17.7. The summed E-state index contributed by atoms with van der Waals surface area (Å²) in [5.74, 6) is -0.198. The fourth-order valence-electron chi connectivity index (χ4n) is 3.92. The van der Waals surface area contributed by atoms with Gasteiger partial charge in [-0.15, -0.1) is 0 Å². The second-order valence-electron chi connectivity index (χ2n) is 8.30. The molecule has 1 amide bonds. The number of anilines is 1. The minimum atomic E-state index is -0.241. The van der Waals surface area contributed by atoms with Crippen molar-refractivity contribution in [2.24, 2.45) is 7.05 Å². The average Bonchev–Trinajstić information content (AvgIpc) is 2.84. The fourth-order valence-corrected chi connectivity index (χ4v) is 4.47. The van der Waals surface area contributed by atoms with Gasteiger partial charge < -0.3 is 15.5 Å². The summed E-state index contributed by atoms with van der Waals surface area (Å²) < 4.78 is 3.31. The first-order chi connectivity index (χ1) is 13.6. The lowest BCUT2D eigenvalue weighted by Gasteiger charge is -2.44. The third kappa shape index (κ3) is 4.37. The molecule has 1 aromatic heterocycles. The van der Waals surface area contributed by atoms with Crippen molar-refractivity contribution in [3.05, 3.63) is 46.4 Å². The number of nitrogens with zero attached hydrogens (tertiary/aromatic N) is 3. The Morgan fingerprint density at radius 1 is 1.31 bits per heavy atom. The van der Waals surface area contributed by atoms with Crippen LogP contribution in [0, 0.1) is 6.92 Å². The highest BCUT2D eigenvalue weighted by Crippen LogP contribution is 2.22. The number of carbonyl (C=O) groups is 1. The second kappa shape index (κ2) is 8.02. The number of rotatable bonds is 5. The van der Waals surface area contributed by atoms with Crippen LogP contribution in [0.5, 0.6) is 0 Å². The molecule has 0 spiro atoms. The maximum atomic E-state index is 12.9. The van der Waals surface area contributed by atoms with Crippen LogP contribution in [0.2, 0.25) is 0 Å². The predicted octanol–water partition coefficient (Wildman–Crippen LogP) is 2.56. The molecule has 2 N–H and O–H groups in total. The van der Waals surface area contributed by atoms with Gasteiger partial charge in [0.25, 0.3) is 5.56 Å². The molecule has 29 heavy (non-hydrogen) atoms. The maximum absolute atomic E-state index is 12.9. The first-order valence-corrected chi connectivity index (χ1v) is 10.2. The van der Waals surface area contributed by atoms with Crippen molar-refractivity contribution >= 4 is 28.9 Å². The molecule has 0 unspecified atom stereocenters. The number of carbonyl (C=O) groups excluding carboxylic acids is 1. The summed E-state index contributed by atoms with van der Waals surface area (Å²) in [6.07, 6.45) is 1.19. The van der Waals surface area contributed by atoms with Crippen molar-refractivity contribution in [3.63, 3.8) is 0 Å². The summed E-state index contributed by atoms with van der Waals surface area (Å²) in [6.45, 7) is 8.69. The van der Waals surface area contributed by atoms with Crippen LogP contribution in [0.25, 0.3) is 5.69 Å². The molecule has 0 aliphatic carbocycles. The SMILES string of the molecule is Cc1c(NC(=O)CCN2C(=S)NC(C)(C)C[C@H]2C)c(=O)n(-c2ccccc2)n1C. The highest BCUT2D eigenvalue weighted by Gasteiger charge is 2.33. The standard InChI is InChI=1S/C21H29N5O2S/c1-14-13-21(3,4)23-20(29)25(14)12-11-17(27)22-18-15(2)24(5)26(19(18)28)16-9-7-6-8-10-16/h6-10,14H,11-13H2,1-5H3,(H,22,27)(H,23,29)/t14-/m1/s1. The summed E-state index contributed by atoms with van der Waals surface area (Å²) in [5.41, 5.74) is 1.49. The smallest absolute Gasteiger partial charge is 0.295 e. The molecular formula is C21H29N5O2S. The zero-order chi connectivity index (χ0) is 21.3. The van der Waals surface area contributed by atoms with Crippen LogP contribution in [-0.2, 0) is 11.8 Å². The number of thiocarbonyl (C=S) groups is 1. The first-order valence-electron chi connectivity index (χ1n) is 9.83. The monoisotopic (exact) mass is 415 g/mol. The largest absolute Gasteiger partial charge is 0.358 e. The molecule has 2 heterocycles. The normalized spacial score (nSPS) is 18.4. The van der Waals surface area contributed by atoms with Crippen molar-refractivity contribution in [1.29, 1.82) is 0 Å². The van der Waals surface area contributed by atoms with E-state index in [0.29, 0.717) is 23.0 Å². The molecule has 1 saturated heterocycles. The summed E-state index contributed by atoms with van der Waals surface area (Å²) in [6, 6.07) is 9.62. The van der Waals surface area contributed by atoms with Gasteiger partial charge in [0.05, 0.1) is 11.4 Å². The Morgan fingerprint density at radius 2 is 1.97 bits per heavy atom. The van der Waals surface area contributed by atoms with Crippen LogP contribution in [0.3, 0.4) is 0 Å².